The molecule has 0 spiro atoms. The molecule has 1 N–H and O–H groups in total. The quantitative estimate of drug-likeness (QED) is 0.396. The van der Waals surface area contributed by atoms with Crippen molar-refractivity contribution in [3.8, 4) is 0 Å². The van der Waals surface area contributed by atoms with Gasteiger partial charge < -0.3 is 9.72 Å². The van der Waals surface area contributed by atoms with Crippen LogP contribution in [0.15, 0.2) is 22.5 Å². The summed E-state index contributed by atoms with van der Waals surface area (Å²) in [6.45, 7) is 1.69. The highest BCUT2D eigenvalue weighted by Gasteiger charge is 2.69. The van der Waals surface area contributed by atoms with Crippen molar-refractivity contribution < 1.29 is 19.1 Å². The van der Waals surface area contributed by atoms with Gasteiger partial charge in [-0.3, -0.25) is 19.3 Å². The number of likely N-dealkylation sites (tertiary alicyclic amines) is 1. The van der Waals surface area contributed by atoms with Gasteiger partial charge in [-0.1, -0.05) is 6.07 Å². The van der Waals surface area contributed by atoms with Crippen molar-refractivity contribution in [2.24, 2.45) is 29.6 Å². The highest BCUT2D eigenvalue weighted by atomic mass is 32.2. The molecule has 31 heavy (non-hydrogen) atoms. The third-order valence-electron chi connectivity index (χ3n) is 7.26. The third kappa shape index (κ3) is 2.81. The molecule has 1 saturated heterocycles. The van der Waals surface area contributed by atoms with E-state index in [1.165, 1.54) is 9.75 Å². The summed E-state index contributed by atoms with van der Waals surface area (Å²) in [4.78, 5) is 45.7. The van der Waals surface area contributed by atoms with Crippen molar-refractivity contribution in [2.75, 3.05) is 13.2 Å². The summed E-state index contributed by atoms with van der Waals surface area (Å²) >= 11 is 10.6. The summed E-state index contributed by atoms with van der Waals surface area (Å²) < 4.78 is 5.77. The van der Waals surface area contributed by atoms with Crippen LogP contribution < -0.4 is 0 Å². The fourth-order valence-electron chi connectivity index (χ4n) is 6.36. The van der Waals surface area contributed by atoms with Gasteiger partial charge in [0.05, 0.1) is 23.5 Å². The molecule has 3 fully saturated rings. The van der Waals surface area contributed by atoms with E-state index in [9.17, 15) is 14.4 Å². The highest BCUT2D eigenvalue weighted by Crippen LogP contribution is 2.69. The number of aromatic amines is 1. The molecule has 2 aromatic rings. The molecule has 6 nitrogen and oxygen atoms in total. The fourth-order valence-corrected chi connectivity index (χ4v) is 10.6. The molecule has 0 aromatic carbocycles. The average Bonchev–Trinajstić information content (AvgIpc) is 3.52. The molecule has 4 aliphatic rings. The minimum Gasteiger partial charge on any atom is -0.465 e. The van der Waals surface area contributed by atoms with Crippen LogP contribution in [0.2, 0.25) is 0 Å². The second-order valence-corrected chi connectivity index (χ2v) is 12.4. The minimum absolute atomic E-state index is 0.145. The lowest BCUT2D eigenvalue weighted by Gasteiger charge is -2.42. The Balaban J connectivity index is 1.38. The standard InChI is InChI=1S/C21H20N2O4S4/c1-2-27-11(24)7-23-19(25)13-8-6-9(14(13)20(23)26)16-12(8)15(10-4-3-5-29-10)17-18(30-16)22-21(28)31-17/h3-5,8-9,12-16H,2,6-7H2,1H3,(H,22,28). The maximum absolute atomic E-state index is 13.3. The number of H-pyrrole nitrogens is 1. The Morgan fingerprint density at radius 1 is 1.29 bits per heavy atom. The van der Waals surface area contributed by atoms with E-state index in [-0.39, 0.29) is 59.8 Å². The van der Waals surface area contributed by atoms with E-state index in [4.69, 9.17) is 17.0 Å². The molecule has 7 atom stereocenters. The van der Waals surface area contributed by atoms with Gasteiger partial charge in [-0.25, -0.2) is 0 Å². The van der Waals surface area contributed by atoms with Gasteiger partial charge in [0, 0.05) is 20.9 Å². The van der Waals surface area contributed by atoms with E-state index in [1.807, 2.05) is 11.8 Å². The average molecular weight is 493 g/mol. The van der Waals surface area contributed by atoms with Crippen LogP contribution in [0.1, 0.15) is 29.0 Å². The molecule has 2 aliphatic carbocycles. The topological polar surface area (TPSA) is 79.5 Å². The third-order valence-corrected chi connectivity index (χ3v) is 11.2. The zero-order chi connectivity index (χ0) is 21.4. The summed E-state index contributed by atoms with van der Waals surface area (Å²) in [7, 11) is 0. The van der Waals surface area contributed by atoms with Gasteiger partial charge in [0.1, 0.15) is 6.54 Å². The number of amides is 2. The molecule has 2 aliphatic heterocycles. The van der Waals surface area contributed by atoms with Crippen molar-refractivity contribution in [3.05, 3.63) is 31.2 Å². The Labute approximate surface area is 196 Å². The number of thiophene rings is 1. The Morgan fingerprint density at radius 2 is 2.06 bits per heavy atom. The summed E-state index contributed by atoms with van der Waals surface area (Å²) in [5.41, 5.74) is 0. The summed E-state index contributed by atoms with van der Waals surface area (Å²) in [5, 5.41) is 3.49. The monoisotopic (exact) mass is 492 g/mol. The number of carbonyl (C=O) groups excluding carboxylic acids is 3. The molecule has 162 valence electrons. The molecular formula is C21H20N2O4S4. The van der Waals surface area contributed by atoms with Crippen LogP contribution in [0, 0.1) is 33.5 Å². The van der Waals surface area contributed by atoms with Crippen molar-refractivity contribution >= 4 is 64.4 Å². The van der Waals surface area contributed by atoms with Gasteiger partial charge in [-0.05, 0) is 54.8 Å². The summed E-state index contributed by atoms with van der Waals surface area (Å²) in [6.07, 6.45) is 0.903. The number of carbonyl (C=O) groups is 3. The van der Waals surface area contributed by atoms with Gasteiger partial charge >= 0.3 is 5.97 Å². The lowest BCUT2D eigenvalue weighted by atomic mass is 9.69. The Morgan fingerprint density at radius 3 is 2.77 bits per heavy atom. The van der Waals surface area contributed by atoms with Crippen LogP contribution in [-0.2, 0) is 19.1 Å². The predicted molar refractivity (Wildman–Crippen MR) is 121 cm³/mol. The number of aromatic nitrogens is 1. The van der Waals surface area contributed by atoms with E-state index in [1.54, 1.807) is 29.6 Å². The van der Waals surface area contributed by atoms with Crippen molar-refractivity contribution in [3.63, 3.8) is 0 Å². The molecule has 2 saturated carbocycles. The Bertz CT molecular complexity index is 1140. The zero-order valence-electron chi connectivity index (χ0n) is 16.6. The van der Waals surface area contributed by atoms with Crippen molar-refractivity contribution in [2.45, 2.75) is 29.5 Å². The molecule has 6 rings (SSSR count). The zero-order valence-corrected chi connectivity index (χ0v) is 19.9. The molecule has 10 heteroatoms. The van der Waals surface area contributed by atoms with Crippen LogP contribution in [0.3, 0.4) is 0 Å². The molecule has 7 unspecified atom stereocenters. The number of thiazole rings is 1. The molecule has 2 amide bonds. The van der Waals surface area contributed by atoms with Gasteiger partial charge in [0.2, 0.25) is 11.8 Å². The molecule has 2 aromatic heterocycles. The minimum atomic E-state index is -0.519. The first-order valence-corrected chi connectivity index (χ1v) is 13.4. The fraction of sp³-hybridized carbons (Fsp3) is 0.524. The van der Waals surface area contributed by atoms with Crippen molar-refractivity contribution in [1.29, 1.82) is 0 Å². The lowest BCUT2D eigenvalue weighted by Crippen LogP contribution is -2.42. The number of fused-ring (bicyclic) bond motifs is 9. The van der Waals surface area contributed by atoms with Crippen LogP contribution in [-0.4, -0.2) is 46.1 Å². The first kappa shape index (κ1) is 20.1. The number of thioether (sulfide) groups is 1. The summed E-state index contributed by atoms with van der Waals surface area (Å²) in [5.74, 6) is -0.728. The second-order valence-electron chi connectivity index (χ2n) is 8.54. The Hall–Kier alpha value is -1.49. The van der Waals surface area contributed by atoms with E-state index >= 15 is 0 Å². The molecule has 2 bridgehead atoms. The first-order valence-electron chi connectivity index (χ1n) is 10.4. The van der Waals surface area contributed by atoms with E-state index in [2.05, 4.69) is 22.5 Å². The normalized spacial score (nSPS) is 35.3. The van der Waals surface area contributed by atoms with Crippen LogP contribution >= 0.6 is 46.7 Å². The number of esters is 1. The van der Waals surface area contributed by atoms with Gasteiger partial charge in [0.15, 0.2) is 3.95 Å². The number of rotatable bonds is 4. The largest absolute Gasteiger partial charge is 0.465 e. The van der Waals surface area contributed by atoms with Gasteiger partial charge in [-0.15, -0.1) is 34.4 Å². The Kier molecular flexibility index (Phi) is 4.72. The maximum Gasteiger partial charge on any atom is 0.326 e. The lowest BCUT2D eigenvalue weighted by molar-refractivity contribution is -0.153. The second kappa shape index (κ2) is 7.26. The number of imide groups is 1. The molecule has 0 radical (unpaired) electrons. The van der Waals surface area contributed by atoms with Crippen molar-refractivity contribution in [1.82, 2.24) is 9.88 Å². The maximum atomic E-state index is 13.3. The van der Waals surface area contributed by atoms with Gasteiger partial charge in [0.25, 0.3) is 0 Å². The first-order chi connectivity index (χ1) is 15.0. The SMILES string of the molecule is CCOC(=O)CN1C(=O)C2C3CC(C2C1=O)C1C(c2cccs2)c2sc(=S)[nH]c2SC31. The van der Waals surface area contributed by atoms with E-state index < -0.39 is 5.97 Å². The molecule has 4 heterocycles. The van der Waals surface area contributed by atoms with E-state index in [0.29, 0.717) is 5.92 Å². The number of nitrogens with one attached hydrogen (secondary N) is 1. The van der Waals surface area contributed by atoms with E-state index in [0.717, 1.165) is 20.3 Å². The summed E-state index contributed by atoms with van der Waals surface area (Å²) in [6, 6.07) is 4.25. The smallest absolute Gasteiger partial charge is 0.326 e. The van der Waals surface area contributed by atoms with Crippen LogP contribution in [0.4, 0.5) is 0 Å². The van der Waals surface area contributed by atoms with Crippen LogP contribution in [0.25, 0.3) is 0 Å². The number of ether oxygens (including phenoxy) is 1. The van der Waals surface area contributed by atoms with Crippen LogP contribution in [0.5, 0.6) is 0 Å². The highest BCUT2D eigenvalue weighted by molar-refractivity contribution is 8.00. The predicted octanol–water partition coefficient (Wildman–Crippen LogP) is 3.90. The number of hydrogen-bond acceptors (Lipinski definition) is 8. The number of hydrogen-bond donors (Lipinski definition) is 1. The number of nitrogens with zero attached hydrogens (tertiary/aromatic N) is 1. The van der Waals surface area contributed by atoms with Gasteiger partial charge in [-0.2, -0.15) is 0 Å². The molecular weight excluding hydrogens is 473 g/mol.